The van der Waals surface area contributed by atoms with Crippen LogP contribution >= 0.6 is 0 Å². The molecule has 1 aromatic rings. The Morgan fingerprint density at radius 3 is 2.52 bits per heavy atom. The van der Waals surface area contributed by atoms with Crippen molar-refractivity contribution in [3.8, 4) is 0 Å². The zero-order valence-corrected chi connectivity index (χ0v) is 13.9. The first-order valence-corrected chi connectivity index (χ1v) is 7.90. The minimum absolute atomic E-state index is 0.0124. The molecule has 126 valence electrons. The van der Waals surface area contributed by atoms with E-state index in [2.05, 4.69) is 10.2 Å². The van der Waals surface area contributed by atoms with Crippen molar-refractivity contribution in [1.82, 2.24) is 15.1 Å². The largest absolute Gasteiger partial charge is 0.380 e. The highest BCUT2D eigenvalue weighted by Crippen LogP contribution is 2.06. The van der Waals surface area contributed by atoms with Crippen molar-refractivity contribution in [2.45, 2.75) is 20.1 Å². The first-order valence-electron chi connectivity index (χ1n) is 7.90. The Labute approximate surface area is 137 Å². The monoisotopic (exact) mass is 319 g/mol. The summed E-state index contributed by atoms with van der Waals surface area (Å²) in [6, 6.07) is 8.00. The molecule has 0 saturated carbocycles. The van der Waals surface area contributed by atoms with Crippen LogP contribution < -0.4 is 5.32 Å². The van der Waals surface area contributed by atoms with Crippen LogP contribution in [0.4, 0.5) is 0 Å². The molecule has 0 bridgehead atoms. The third-order valence-electron chi connectivity index (χ3n) is 3.98. The van der Waals surface area contributed by atoms with E-state index in [9.17, 15) is 9.59 Å². The number of ether oxygens (including phenoxy) is 1. The van der Waals surface area contributed by atoms with Gasteiger partial charge in [-0.25, -0.2) is 0 Å². The second kappa shape index (κ2) is 8.64. The number of nitrogens with one attached hydrogen (secondary N) is 1. The van der Waals surface area contributed by atoms with Gasteiger partial charge in [0, 0.05) is 46.8 Å². The summed E-state index contributed by atoms with van der Waals surface area (Å²) in [4.78, 5) is 27.2. The number of hydrogen-bond acceptors (Lipinski definition) is 4. The average Bonchev–Trinajstić information content (AvgIpc) is 2.54. The Bertz CT molecular complexity index is 540. The summed E-state index contributed by atoms with van der Waals surface area (Å²) >= 11 is 0. The molecule has 6 nitrogen and oxygen atoms in total. The molecule has 2 amide bonds. The van der Waals surface area contributed by atoms with Crippen LogP contribution in [0, 0.1) is 0 Å². The maximum Gasteiger partial charge on any atom is 0.234 e. The van der Waals surface area contributed by atoms with E-state index < -0.39 is 0 Å². The first kappa shape index (κ1) is 17.4. The van der Waals surface area contributed by atoms with Gasteiger partial charge in [-0.2, -0.15) is 0 Å². The fourth-order valence-electron chi connectivity index (χ4n) is 2.68. The van der Waals surface area contributed by atoms with Gasteiger partial charge in [0.2, 0.25) is 11.8 Å². The molecule has 0 unspecified atom stereocenters. The lowest BCUT2D eigenvalue weighted by Crippen LogP contribution is -2.50. The zero-order chi connectivity index (χ0) is 16.7. The van der Waals surface area contributed by atoms with Crippen molar-refractivity contribution in [3.63, 3.8) is 0 Å². The Balaban J connectivity index is 1.73. The summed E-state index contributed by atoms with van der Waals surface area (Å²) in [6.45, 7) is 5.94. The Kier molecular flexibility index (Phi) is 6.55. The van der Waals surface area contributed by atoms with Gasteiger partial charge in [-0.15, -0.1) is 0 Å². The summed E-state index contributed by atoms with van der Waals surface area (Å²) in [6.07, 6.45) is 0. The van der Waals surface area contributed by atoms with Crippen LogP contribution in [0.15, 0.2) is 24.3 Å². The lowest BCUT2D eigenvalue weighted by Gasteiger charge is -2.33. The molecule has 1 aliphatic heterocycles. The summed E-state index contributed by atoms with van der Waals surface area (Å²) in [5.41, 5.74) is 2.16. The third-order valence-corrected chi connectivity index (χ3v) is 3.98. The van der Waals surface area contributed by atoms with E-state index in [1.807, 2.05) is 29.2 Å². The Morgan fingerprint density at radius 2 is 1.87 bits per heavy atom. The topological polar surface area (TPSA) is 61.9 Å². The minimum Gasteiger partial charge on any atom is -0.380 e. The van der Waals surface area contributed by atoms with Gasteiger partial charge in [-0.1, -0.05) is 24.3 Å². The fraction of sp³-hybridized carbons (Fsp3) is 0.529. The molecular formula is C17H25N3O3. The van der Waals surface area contributed by atoms with E-state index >= 15 is 0 Å². The molecule has 23 heavy (non-hydrogen) atoms. The van der Waals surface area contributed by atoms with Gasteiger partial charge in [0.05, 0.1) is 13.2 Å². The molecule has 6 heteroatoms. The van der Waals surface area contributed by atoms with Gasteiger partial charge >= 0.3 is 0 Å². The number of rotatable bonds is 6. The molecular weight excluding hydrogens is 294 g/mol. The number of benzene rings is 1. The van der Waals surface area contributed by atoms with E-state index in [0.29, 0.717) is 32.8 Å². The summed E-state index contributed by atoms with van der Waals surface area (Å²) < 4.78 is 5.11. The smallest absolute Gasteiger partial charge is 0.234 e. The van der Waals surface area contributed by atoms with Crippen LogP contribution in [0.2, 0.25) is 0 Å². The van der Waals surface area contributed by atoms with Crippen LogP contribution in [-0.2, 0) is 27.5 Å². The van der Waals surface area contributed by atoms with Crippen molar-refractivity contribution < 1.29 is 14.3 Å². The number of nitrogens with zero attached hydrogens (tertiary/aromatic N) is 2. The van der Waals surface area contributed by atoms with Crippen molar-refractivity contribution in [2.75, 3.05) is 39.8 Å². The standard InChI is InChI=1S/C17H25N3O3/c1-14(21)20-8-6-19(7-9-20)12-17(22)18-11-15-4-3-5-16(10-15)13-23-2/h3-5,10H,6-9,11-13H2,1-2H3,(H,18,22). The second-order valence-electron chi connectivity index (χ2n) is 5.81. The zero-order valence-electron chi connectivity index (χ0n) is 13.9. The van der Waals surface area contributed by atoms with Gasteiger partial charge in [0.15, 0.2) is 0 Å². The minimum atomic E-state index is 0.0124. The molecule has 1 saturated heterocycles. The number of methoxy groups -OCH3 is 1. The van der Waals surface area contributed by atoms with Crippen LogP contribution in [0.1, 0.15) is 18.1 Å². The molecule has 1 aromatic carbocycles. The summed E-state index contributed by atoms with van der Waals surface area (Å²) in [5, 5.41) is 2.95. The van der Waals surface area contributed by atoms with E-state index in [0.717, 1.165) is 24.2 Å². The van der Waals surface area contributed by atoms with Crippen molar-refractivity contribution >= 4 is 11.8 Å². The molecule has 0 atom stereocenters. The molecule has 0 aromatic heterocycles. The molecule has 0 aliphatic carbocycles. The molecule has 0 radical (unpaired) electrons. The number of piperazine rings is 1. The maximum absolute atomic E-state index is 12.1. The highest BCUT2D eigenvalue weighted by molar-refractivity contribution is 5.78. The Morgan fingerprint density at radius 1 is 1.17 bits per heavy atom. The SMILES string of the molecule is COCc1cccc(CNC(=O)CN2CCN(C(C)=O)CC2)c1. The summed E-state index contributed by atoms with van der Waals surface area (Å²) in [7, 11) is 1.67. The average molecular weight is 319 g/mol. The number of hydrogen-bond donors (Lipinski definition) is 1. The predicted octanol–water partition coefficient (Wildman–Crippen LogP) is 0.613. The van der Waals surface area contributed by atoms with E-state index in [-0.39, 0.29) is 11.8 Å². The maximum atomic E-state index is 12.1. The van der Waals surface area contributed by atoms with E-state index in [4.69, 9.17) is 4.74 Å². The molecule has 1 heterocycles. The molecule has 1 N–H and O–H groups in total. The molecule has 2 rings (SSSR count). The number of amides is 2. The van der Waals surface area contributed by atoms with Crippen LogP contribution in [0.3, 0.4) is 0 Å². The molecule has 0 spiro atoms. The van der Waals surface area contributed by atoms with Gasteiger partial charge in [0.25, 0.3) is 0 Å². The van der Waals surface area contributed by atoms with E-state index in [1.165, 1.54) is 0 Å². The Hall–Kier alpha value is -1.92. The van der Waals surface area contributed by atoms with Crippen molar-refractivity contribution in [1.29, 1.82) is 0 Å². The van der Waals surface area contributed by atoms with Crippen LogP contribution in [0.5, 0.6) is 0 Å². The van der Waals surface area contributed by atoms with E-state index in [1.54, 1.807) is 14.0 Å². The van der Waals surface area contributed by atoms with Crippen molar-refractivity contribution in [2.24, 2.45) is 0 Å². The lowest BCUT2D eigenvalue weighted by atomic mass is 10.1. The normalized spacial score (nSPS) is 15.5. The number of carbonyl (C=O) groups excluding carboxylic acids is 2. The highest BCUT2D eigenvalue weighted by atomic mass is 16.5. The predicted molar refractivity (Wildman–Crippen MR) is 87.7 cm³/mol. The van der Waals surface area contributed by atoms with Gasteiger partial charge in [0.1, 0.15) is 0 Å². The van der Waals surface area contributed by atoms with Gasteiger partial charge < -0.3 is 15.0 Å². The summed E-state index contributed by atoms with van der Waals surface area (Å²) in [5.74, 6) is 0.114. The molecule has 1 fully saturated rings. The third kappa shape index (κ3) is 5.65. The number of carbonyl (C=O) groups is 2. The highest BCUT2D eigenvalue weighted by Gasteiger charge is 2.19. The fourth-order valence-corrected chi connectivity index (χ4v) is 2.68. The quantitative estimate of drug-likeness (QED) is 0.835. The second-order valence-corrected chi connectivity index (χ2v) is 5.81. The van der Waals surface area contributed by atoms with Gasteiger partial charge in [-0.3, -0.25) is 14.5 Å². The van der Waals surface area contributed by atoms with Gasteiger partial charge in [-0.05, 0) is 11.1 Å². The van der Waals surface area contributed by atoms with Crippen molar-refractivity contribution in [3.05, 3.63) is 35.4 Å². The molecule has 1 aliphatic rings. The lowest BCUT2D eigenvalue weighted by molar-refractivity contribution is -0.131. The van der Waals surface area contributed by atoms with Crippen LogP contribution in [0.25, 0.3) is 0 Å². The van der Waals surface area contributed by atoms with Crippen LogP contribution in [-0.4, -0.2) is 61.4 Å². The first-order chi connectivity index (χ1) is 11.1.